The molecule has 1 aromatic rings. The van der Waals surface area contributed by atoms with E-state index < -0.39 is 0 Å². The van der Waals surface area contributed by atoms with Gasteiger partial charge in [0.15, 0.2) is 5.82 Å². The van der Waals surface area contributed by atoms with E-state index in [1.807, 2.05) is 6.92 Å². The molecule has 1 aromatic heterocycles. The smallest absolute Gasteiger partial charge is 0.293 e. The third kappa shape index (κ3) is 2.81. The van der Waals surface area contributed by atoms with E-state index in [1.165, 1.54) is 12.8 Å². The fraction of sp³-hybridized carbons (Fsp3) is 0.714. The molecule has 0 spiro atoms. The van der Waals surface area contributed by atoms with Crippen LogP contribution in [0.1, 0.15) is 32.6 Å². The Bertz CT molecular complexity index is 496. The Hall–Kier alpha value is -1.36. The lowest BCUT2D eigenvalue weighted by Crippen LogP contribution is -2.37. The Labute approximate surface area is 113 Å². The Morgan fingerprint density at radius 1 is 1.47 bits per heavy atom. The van der Waals surface area contributed by atoms with Crippen molar-refractivity contribution >= 4 is 5.82 Å². The van der Waals surface area contributed by atoms with Crippen molar-refractivity contribution in [1.82, 2.24) is 9.55 Å². The summed E-state index contributed by atoms with van der Waals surface area (Å²) < 4.78 is 7.47. The van der Waals surface area contributed by atoms with Crippen molar-refractivity contribution in [3.05, 3.63) is 22.7 Å². The third-order valence-corrected chi connectivity index (χ3v) is 4.06. The molecular formula is C14H21N3O2. The van der Waals surface area contributed by atoms with Crippen LogP contribution in [0.15, 0.2) is 17.2 Å². The molecule has 19 heavy (non-hydrogen) atoms. The Morgan fingerprint density at radius 3 is 3.05 bits per heavy atom. The van der Waals surface area contributed by atoms with Crippen LogP contribution >= 0.6 is 0 Å². The van der Waals surface area contributed by atoms with Gasteiger partial charge in [-0.1, -0.05) is 0 Å². The van der Waals surface area contributed by atoms with Crippen LogP contribution in [0, 0.1) is 5.92 Å². The fourth-order valence-electron chi connectivity index (χ4n) is 2.74. The lowest BCUT2D eigenvalue weighted by molar-refractivity contribution is -0.00225. The van der Waals surface area contributed by atoms with Crippen LogP contribution in [0.2, 0.25) is 0 Å². The highest BCUT2D eigenvalue weighted by atomic mass is 16.5. The average Bonchev–Trinajstić information content (AvgIpc) is 3.26. The minimum Gasteiger partial charge on any atom is -0.378 e. The van der Waals surface area contributed by atoms with E-state index in [2.05, 4.69) is 10.3 Å². The van der Waals surface area contributed by atoms with Gasteiger partial charge in [0.1, 0.15) is 0 Å². The number of ether oxygens (including phenoxy) is 1. The van der Waals surface area contributed by atoms with E-state index in [1.54, 1.807) is 17.0 Å². The molecule has 1 saturated heterocycles. The number of hydrogen-bond acceptors (Lipinski definition) is 4. The second-order valence-electron chi connectivity index (χ2n) is 5.48. The van der Waals surface area contributed by atoms with Crippen LogP contribution in [0.3, 0.4) is 0 Å². The zero-order chi connectivity index (χ0) is 13.2. The zero-order valence-electron chi connectivity index (χ0n) is 11.3. The van der Waals surface area contributed by atoms with Crippen molar-refractivity contribution in [1.29, 1.82) is 0 Å². The molecule has 1 aliphatic heterocycles. The number of nitrogens with zero attached hydrogens (tertiary/aromatic N) is 2. The monoisotopic (exact) mass is 263 g/mol. The number of rotatable bonds is 4. The molecule has 0 amide bonds. The van der Waals surface area contributed by atoms with Gasteiger partial charge in [-0.25, -0.2) is 4.98 Å². The number of aromatic nitrogens is 2. The van der Waals surface area contributed by atoms with Crippen LogP contribution in [-0.4, -0.2) is 28.3 Å². The summed E-state index contributed by atoms with van der Waals surface area (Å²) in [6.45, 7) is 3.42. The van der Waals surface area contributed by atoms with Gasteiger partial charge < -0.3 is 14.6 Å². The molecule has 0 aromatic carbocycles. The predicted octanol–water partition coefficient (Wildman–Crippen LogP) is 1.63. The molecule has 2 unspecified atom stereocenters. The molecule has 1 N–H and O–H groups in total. The second-order valence-corrected chi connectivity index (χ2v) is 5.48. The Balaban J connectivity index is 1.68. The molecule has 104 valence electrons. The molecule has 2 fully saturated rings. The zero-order valence-corrected chi connectivity index (χ0v) is 11.3. The van der Waals surface area contributed by atoms with E-state index >= 15 is 0 Å². The highest BCUT2D eigenvalue weighted by molar-refractivity contribution is 5.32. The average molecular weight is 263 g/mol. The summed E-state index contributed by atoms with van der Waals surface area (Å²) in [7, 11) is 0. The summed E-state index contributed by atoms with van der Waals surface area (Å²) >= 11 is 0. The number of anilines is 1. The van der Waals surface area contributed by atoms with Crippen molar-refractivity contribution in [2.75, 3.05) is 11.9 Å². The third-order valence-electron chi connectivity index (χ3n) is 4.06. The highest BCUT2D eigenvalue weighted by Crippen LogP contribution is 2.38. The van der Waals surface area contributed by atoms with Crippen LogP contribution in [0.4, 0.5) is 5.82 Å². The molecule has 0 radical (unpaired) electrons. The maximum atomic E-state index is 12.1. The first-order chi connectivity index (χ1) is 9.28. The van der Waals surface area contributed by atoms with Gasteiger partial charge in [-0.15, -0.1) is 0 Å². The summed E-state index contributed by atoms with van der Waals surface area (Å²) in [6, 6.07) is 0.312. The van der Waals surface area contributed by atoms with Gasteiger partial charge in [-0.05, 0) is 38.5 Å². The summed E-state index contributed by atoms with van der Waals surface area (Å²) in [5.41, 5.74) is -0.0283. The van der Waals surface area contributed by atoms with Crippen LogP contribution in [0.25, 0.3) is 0 Å². The number of hydrogen-bond donors (Lipinski definition) is 1. The Kier molecular flexibility index (Phi) is 3.55. The lowest BCUT2D eigenvalue weighted by Gasteiger charge is -2.30. The van der Waals surface area contributed by atoms with Gasteiger partial charge in [-0.2, -0.15) is 0 Å². The number of nitrogens with one attached hydrogen (secondary N) is 1. The van der Waals surface area contributed by atoms with Gasteiger partial charge in [0.05, 0.1) is 6.10 Å². The molecule has 2 aliphatic rings. The quantitative estimate of drug-likeness (QED) is 0.897. The van der Waals surface area contributed by atoms with Gasteiger partial charge in [0, 0.05) is 31.6 Å². The molecule has 5 nitrogen and oxygen atoms in total. The predicted molar refractivity (Wildman–Crippen MR) is 73.3 cm³/mol. The molecule has 1 saturated carbocycles. The lowest BCUT2D eigenvalue weighted by atomic mass is 10.0. The van der Waals surface area contributed by atoms with Crippen molar-refractivity contribution in [3.63, 3.8) is 0 Å². The van der Waals surface area contributed by atoms with E-state index in [0.717, 1.165) is 25.4 Å². The largest absolute Gasteiger partial charge is 0.378 e. The summed E-state index contributed by atoms with van der Waals surface area (Å²) in [6.07, 6.45) is 8.32. The maximum Gasteiger partial charge on any atom is 0.293 e. The SMILES string of the molecule is CCn1ccnc(NC2CCOC(C3CC3)C2)c1=O. The van der Waals surface area contributed by atoms with E-state index in [4.69, 9.17) is 4.74 Å². The maximum absolute atomic E-state index is 12.1. The van der Waals surface area contributed by atoms with E-state index in [-0.39, 0.29) is 5.56 Å². The van der Waals surface area contributed by atoms with Crippen molar-refractivity contribution in [3.8, 4) is 0 Å². The summed E-state index contributed by atoms with van der Waals surface area (Å²) in [4.78, 5) is 16.3. The molecule has 3 rings (SSSR count). The Morgan fingerprint density at radius 2 is 2.32 bits per heavy atom. The van der Waals surface area contributed by atoms with E-state index in [0.29, 0.717) is 24.5 Å². The normalized spacial score (nSPS) is 27.2. The fourth-order valence-corrected chi connectivity index (χ4v) is 2.74. The van der Waals surface area contributed by atoms with Gasteiger partial charge >= 0.3 is 0 Å². The van der Waals surface area contributed by atoms with Crippen LogP contribution in [-0.2, 0) is 11.3 Å². The van der Waals surface area contributed by atoms with Crippen molar-refractivity contribution in [2.24, 2.45) is 5.92 Å². The topological polar surface area (TPSA) is 56.1 Å². The van der Waals surface area contributed by atoms with Gasteiger partial charge in [0.2, 0.25) is 0 Å². The molecule has 2 atom stereocenters. The number of aryl methyl sites for hydroxylation is 1. The minimum absolute atomic E-state index is 0.0283. The highest BCUT2D eigenvalue weighted by Gasteiger charge is 2.36. The molecular weight excluding hydrogens is 242 g/mol. The standard InChI is InChI=1S/C14H21N3O2/c1-2-17-7-6-15-13(14(17)18)16-11-5-8-19-12(9-11)10-3-4-10/h6-7,10-12H,2-5,8-9H2,1H3,(H,15,16). The molecule has 2 heterocycles. The molecule has 0 bridgehead atoms. The van der Waals surface area contributed by atoms with Crippen LogP contribution in [0.5, 0.6) is 0 Å². The van der Waals surface area contributed by atoms with Crippen molar-refractivity contribution in [2.45, 2.75) is 51.3 Å². The molecule has 5 heteroatoms. The molecule has 1 aliphatic carbocycles. The first kappa shape index (κ1) is 12.7. The summed E-state index contributed by atoms with van der Waals surface area (Å²) in [5.74, 6) is 1.23. The van der Waals surface area contributed by atoms with Crippen LogP contribution < -0.4 is 10.9 Å². The first-order valence-corrected chi connectivity index (χ1v) is 7.21. The first-order valence-electron chi connectivity index (χ1n) is 7.21. The van der Waals surface area contributed by atoms with Gasteiger partial charge in [0.25, 0.3) is 5.56 Å². The van der Waals surface area contributed by atoms with E-state index in [9.17, 15) is 4.79 Å². The second kappa shape index (κ2) is 5.33. The minimum atomic E-state index is -0.0283. The van der Waals surface area contributed by atoms with Gasteiger partial charge in [-0.3, -0.25) is 4.79 Å². The van der Waals surface area contributed by atoms with Crippen molar-refractivity contribution < 1.29 is 4.74 Å². The summed E-state index contributed by atoms with van der Waals surface area (Å²) in [5, 5.41) is 3.31.